The third-order valence-electron chi connectivity index (χ3n) is 4.02. The maximum Gasteiger partial charge on any atom is 0.253 e. The van der Waals surface area contributed by atoms with E-state index >= 15 is 0 Å². The number of amidine groups is 1. The van der Waals surface area contributed by atoms with Gasteiger partial charge >= 0.3 is 0 Å². The average Bonchev–Trinajstić information content (AvgIpc) is 2.90. The molecule has 2 fully saturated rings. The Morgan fingerprint density at radius 1 is 1.29 bits per heavy atom. The van der Waals surface area contributed by atoms with Crippen molar-refractivity contribution in [1.29, 1.82) is 0 Å². The summed E-state index contributed by atoms with van der Waals surface area (Å²) in [5.74, 6) is -0.0742. The highest BCUT2D eigenvalue weighted by Crippen LogP contribution is 2.43. The van der Waals surface area contributed by atoms with E-state index in [1.807, 2.05) is 43.9 Å². The van der Waals surface area contributed by atoms with Crippen LogP contribution in [-0.2, 0) is 14.6 Å². The van der Waals surface area contributed by atoms with Crippen molar-refractivity contribution < 1.29 is 13.2 Å². The summed E-state index contributed by atoms with van der Waals surface area (Å²) in [5.41, 5.74) is 0.0977. The summed E-state index contributed by atoms with van der Waals surface area (Å²) in [5, 5.41) is 0.921. The predicted molar refractivity (Wildman–Crippen MR) is 99.6 cm³/mol. The van der Waals surface area contributed by atoms with Gasteiger partial charge in [-0.1, -0.05) is 56.3 Å². The SMILES string of the molecule is CC(C)(C)C(=O)N=C1S[C@H]2CS(=O)(=O)C[C@H]2N1c1ccccc1Cl. The molecule has 0 aromatic heterocycles. The van der Waals surface area contributed by atoms with Crippen LogP contribution in [-0.4, -0.2) is 42.3 Å². The molecule has 24 heavy (non-hydrogen) atoms. The molecule has 0 unspecified atom stereocenters. The number of aliphatic imine (C=N–C) groups is 1. The number of hydrogen-bond donors (Lipinski definition) is 0. The number of hydrogen-bond acceptors (Lipinski definition) is 4. The molecule has 1 aromatic rings. The predicted octanol–water partition coefficient (Wildman–Crippen LogP) is 2.99. The largest absolute Gasteiger partial charge is 0.314 e. The van der Waals surface area contributed by atoms with Gasteiger partial charge in [-0.15, -0.1) is 0 Å². The number of fused-ring (bicyclic) bond motifs is 1. The van der Waals surface area contributed by atoms with Gasteiger partial charge in [-0.25, -0.2) is 8.42 Å². The van der Waals surface area contributed by atoms with Gasteiger partial charge in [-0.2, -0.15) is 4.99 Å². The van der Waals surface area contributed by atoms with Gasteiger partial charge in [0, 0.05) is 10.7 Å². The van der Waals surface area contributed by atoms with E-state index in [0.717, 1.165) is 0 Å². The molecule has 0 N–H and O–H groups in total. The van der Waals surface area contributed by atoms with Crippen LogP contribution in [0.1, 0.15) is 20.8 Å². The number of amides is 1. The quantitative estimate of drug-likeness (QED) is 0.742. The van der Waals surface area contributed by atoms with Crippen LogP contribution in [0.25, 0.3) is 0 Å². The van der Waals surface area contributed by atoms with Gasteiger partial charge in [0.25, 0.3) is 5.91 Å². The van der Waals surface area contributed by atoms with Crippen LogP contribution in [0.3, 0.4) is 0 Å². The normalized spacial score (nSPS) is 27.5. The molecule has 2 heterocycles. The molecule has 2 saturated heterocycles. The second kappa shape index (κ2) is 6.04. The number of benzene rings is 1. The van der Waals surface area contributed by atoms with Crippen molar-refractivity contribution in [3.8, 4) is 0 Å². The van der Waals surface area contributed by atoms with Crippen LogP contribution in [0.4, 0.5) is 5.69 Å². The lowest BCUT2D eigenvalue weighted by Gasteiger charge is -2.26. The van der Waals surface area contributed by atoms with E-state index in [9.17, 15) is 13.2 Å². The average molecular weight is 387 g/mol. The van der Waals surface area contributed by atoms with Crippen molar-refractivity contribution in [1.82, 2.24) is 0 Å². The lowest BCUT2D eigenvalue weighted by molar-refractivity contribution is -0.124. The number of rotatable bonds is 1. The minimum Gasteiger partial charge on any atom is -0.314 e. The van der Waals surface area contributed by atoms with Crippen LogP contribution < -0.4 is 4.90 Å². The lowest BCUT2D eigenvalue weighted by atomic mass is 9.96. The highest BCUT2D eigenvalue weighted by atomic mass is 35.5. The van der Waals surface area contributed by atoms with Gasteiger partial charge in [0.2, 0.25) is 0 Å². The Labute approximate surface area is 151 Å². The third kappa shape index (κ3) is 3.34. The van der Waals surface area contributed by atoms with E-state index in [0.29, 0.717) is 15.9 Å². The maximum atomic E-state index is 12.4. The Morgan fingerprint density at radius 3 is 2.58 bits per heavy atom. The summed E-state index contributed by atoms with van der Waals surface area (Å²) >= 11 is 7.67. The first-order chi connectivity index (χ1) is 11.1. The number of sulfone groups is 1. The van der Waals surface area contributed by atoms with E-state index in [-0.39, 0.29) is 28.7 Å². The molecule has 2 atom stereocenters. The highest BCUT2D eigenvalue weighted by molar-refractivity contribution is 8.16. The van der Waals surface area contributed by atoms with Crippen LogP contribution in [0.15, 0.2) is 29.3 Å². The number of para-hydroxylation sites is 1. The molecule has 5 nitrogen and oxygen atoms in total. The molecule has 0 radical (unpaired) electrons. The van der Waals surface area contributed by atoms with E-state index in [2.05, 4.69) is 4.99 Å². The van der Waals surface area contributed by atoms with Crippen molar-refractivity contribution >= 4 is 50.0 Å². The Hall–Kier alpha value is -1.05. The zero-order chi connectivity index (χ0) is 17.7. The molecule has 8 heteroatoms. The van der Waals surface area contributed by atoms with Crippen LogP contribution in [0, 0.1) is 5.41 Å². The maximum absolute atomic E-state index is 12.4. The van der Waals surface area contributed by atoms with Crippen LogP contribution >= 0.6 is 23.4 Å². The molecule has 0 saturated carbocycles. The number of carbonyl (C=O) groups is 1. The highest BCUT2D eigenvalue weighted by Gasteiger charge is 2.50. The number of anilines is 1. The molecule has 2 aliphatic rings. The van der Waals surface area contributed by atoms with Gasteiger partial charge in [-0.05, 0) is 12.1 Å². The van der Waals surface area contributed by atoms with E-state index in [1.54, 1.807) is 6.07 Å². The number of thioether (sulfide) groups is 1. The van der Waals surface area contributed by atoms with Crippen molar-refractivity contribution in [2.45, 2.75) is 32.1 Å². The Morgan fingerprint density at radius 2 is 1.96 bits per heavy atom. The first-order valence-electron chi connectivity index (χ1n) is 7.62. The van der Waals surface area contributed by atoms with Crippen molar-refractivity contribution in [2.75, 3.05) is 16.4 Å². The topological polar surface area (TPSA) is 66.8 Å². The smallest absolute Gasteiger partial charge is 0.253 e. The van der Waals surface area contributed by atoms with Gasteiger partial charge in [-0.3, -0.25) is 4.79 Å². The van der Waals surface area contributed by atoms with Gasteiger partial charge in [0.05, 0.1) is 28.3 Å². The summed E-state index contributed by atoms with van der Waals surface area (Å²) in [6.07, 6.45) is 0. The molecule has 0 aliphatic carbocycles. The zero-order valence-corrected chi connectivity index (χ0v) is 16.1. The second-order valence-corrected chi connectivity index (χ2v) is 10.8. The number of carbonyl (C=O) groups excluding carboxylic acids is 1. The van der Waals surface area contributed by atoms with Gasteiger partial charge in [0.1, 0.15) is 0 Å². The molecule has 0 spiro atoms. The number of halogens is 1. The minimum absolute atomic E-state index is 0.0542. The first kappa shape index (κ1) is 17.8. The van der Waals surface area contributed by atoms with Gasteiger partial charge < -0.3 is 4.90 Å². The summed E-state index contributed by atoms with van der Waals surface area (Å²) in [4.78, 5) is 18.5. The minimum atomic E-state index is -3.09. The molecular weight excluding hydrogens is 368 g/mol. The fraction of sp³-hybridized carbons (Fsp3) is 0.500. The summed E-state index contributed by atoms with van der Waals surface area (Å²) in [7, 11) is -3.09. The van der Waals surface area contributed by atoms with E-state index in [4.69, 9.17) is 11.6 Å². The van der Waals surface area contributed by atoms with Crippen molar-refractivity contribution in [3.05, 3.63) is 29.3 Å². The molecule has 1 aromatic carbocycles. The van der Waals surface area contributed by atoms with Crippen molar-refractivity contribution in [2.24, 2.45) is 10.4 Å². The Balaban J connectivity index is 2.05. The summed E-state index contributed by atoms with van der Waals surface area (Å²) < 4.78 is 24.0. The molecule has 130 valence electrons. The molecule has 0 bridgehead atoms. The monoisotopic (exact) mass is 386 g/mol. The van der Waals surface area contributed by atoms with E-state index in [1.165, 1.54) is 11.8 Å². The first-order valence-corrected chi connectivity index (χ1v) is 10.7. The summed E-state index contributed by atoms with van der Waals surface area (Å²) in [6.45, 7) is 5.43. The van der Waals surface area contributed by atoms with Crippen LogP contribution in [0.2, 0.25) is 5.02 Å². The summed E-state index contributed by atoms with van der Waals surface area (Å²) in [6, 6.07) is 6.99. The van der Waals surface area contributed by atoms with Crippen LogP contribution in [0.5, 0.6) is 0 Å². The number of nitrogens with zero attached hydrogens (tertiary/aromatic N) is 2. The Bertz CT molecular complexity index is 815. The molecule has 3 rings (SSSR count). The standard InChI is InChI=1S/C16H19ClN2O3S2/c1-16(2,3)14(20)18-15-19(11-7-5-4-6-10(11)17)12-8-24(21,22)9-13(12)23-15/h4-7,12-13H,8-9H2,1-3H3/t12-,13+/m1/s1. The Kier molecular flexibility index (Phi) is 4.47. The molecule has 2 aliphatic heterocycles. The second-order valence-electron chi connectivity index (χ2n) is 7.07. The molecule has 1 amide bonds. The third-order valence-corrected chi connectivity index (χ3v) is 7.55. The molecular formula is C16H19ClN2O3S2. The fourth-order valence-corrected chi connectivity index (χ4v) is 6.88. The lowest BCUT2D eigenvalue weighted by Crippen LogP contribution is -2.38. The van der Waals surface area contributed by atoms with E-state index < -0.39 is 15.3 Å². The zero-order valence-electron chi connectivity index (χ0n) is 13.7. The van der Waals surface area contributed by atoms with Gasteiger partial charge in [0.15, 0.2) is 15.0 Å². The fourth-order valence-electron chi connectivity index (χ4n) is 2.75. The van der Waals surface area contributed by atoms with Crippen molar-refractivity contribution in [3.63, 3.8) is 0 Å².